The van der Waals surface area contributed by atoms with Crippen molar-refractivity contribution in [2.75, 3.05) is 30.3 Å². The molecule has 4 aromatic rings. The number of aryl methyl sites for hydroxylation is 1. The summed E-state index contributed by atoms with van der Waals surface area (Å²) in [5.74, 6) is -0.829. The Morgan fingerprint density at radius 2 is 1.53 bits per heavy atom. The first kappa shape index (κ1) is 47.6. The average Bonchev–Trinajstić information content (AvgIpc) is 3.03. The van der Waals surface area contributed by atoms with Gasteiger partial charge in [-0.2, -0.15) is 29.5 Å². The van der Waals surface area contributed by atoms with E-state index in [2.05, 4.69) is 50.1 Å². The smallest absolute Gasteiger partial charge is 0.747 e. The minimum atomic E-state index is -4.92. The monoisotopic (exact) mass is 807 g/mol. The van der Waals surface area contributed by atoms with Crippen LogP contribution in [0.2, 0.25) is 5.28 Å². The molecule has 0 aliphatic rings. The number of anilines is 3. The number of benzene rings is 3. The molecule has 0 fully saturated rings. The number of nitrogens with one attached hydrogen (secondary N) is 1. The van der Waals surface area contributed by atoms with Crippen molar-refractivity contribution < 1.29 is 134 Å². The second-order valence-electron chi connectivity index (χ2n) is 9.20. The number of nitrogens with zero attached hydrogens (tertiary/aromatic N) is 8. The van der Waals surface area contributed by atoms with E-state index in [1.165, 1.54) is 30.2 Å². The predicted octanol–water partition coefficient (Wildman–Crippen LogP) is -4.50. The van der Waals surface area contributed by atoms with Gasteiger partial charge >= 0.3 is 88.7 Å². The van der Waals surface area contributed by atoms with E-state index < -0.39 is 31.0 Å². The molecule has 19 nitrogen and oxygen atoms in total. The fourth-order valence-electron chi connectivity index (χ4n) is 3.70. The number of ether oxygens (including phenoxy) is 1. The quantitative estimate of drug-likeness (QED) is 0.0314. The predicted molar refractivity (Wildman–Crippen MR) is 166 cm³/mol. The molecule has 1 aromatic heterocycles. The van der Waals surface area contributed by atoms with Crippen LogP contribution in [0.25, 0.3) is 0 Å². The van der Waals surface area contributed by atoms with Crippen molar-refractivity contribution in [3.63, 3.8) is 0 Å². The van der Waals surface area contributed by atoms with Gasteiger partial charge in [-0.25, -0.2) is 16.8 Å². The van der Waals surface area contributed by atoms with E-state index in [0.717, 1.165) is 6.07 Å². The van der Waals surface area contributed by atoms with Gasteiger partial charge in [-0.05, 0) is 72.6 Å². The summed E-state index contributed by atoms with van der Waals surface area (Å²) >= 11 is 6.41. The standard InChI is InChI=1S/C25H24ClN9O10S3.3Na/c1-14-10-19(21(43-3)12-18(14)32-34-20-11-17(46-45-44-36)8-9-22(20)48(40,41)42)33-31-15-4-6-16(7-5-15)35(2)25-29-23(26)28-24(30-25)27-13-47(37,38)39;;;/h4-12,36H,13H2,1-3H3,(H,37,38,39)(H,40,41,42)(H,27,28,29,30);;;/q;3*+1/p-3. The molecule has 0 radical (unpaired) electrons. The summed E-state index contributed by atoms with van der Waals surface area (Å²) in [6.07, 6.45) is 0. The van der Waals surface area contributed by atoms with Crippen molar-refractivity contribution in [1.82, 2.24) is 15.0 Å². The van der Waals surface area contributed by atoms with Crippen LogP contribution >= 0.6 is 23.6 Å². The van der Waals surface area contributed by atoms with Crippen LogP contribution in [0.1, 0.15) is 5.56 Å². The average molecular weight is 808 g/mol. The van der Waals surface area contributed by atoms with Gasteiger partial charge in [0.05, 0.1) is 35.4 Å². The molecule has 1 N–H and O–H groups in total. The third-order valence-corrected chi connectivity index (χ3v) is 8.06. The minimum absolute atomic E-state index is 0. The topological polar surface area (TPSA) is 269 Å². The summed E-state index contributed by atoms with van der Waals surface area (Å²) in [6.45, 7) is 1.68. The van der Waals surface area contributed by atoms with Crippen molar-refractivity contribution >= 4 is 84.2 Å². The normalized spacial score (nSPS) is 11.4. The largest absolute Gasteiger partial charge is 1.00 e. The van der Waals surface area contributed by atoms with Crippen LogP contribution in [0.4, 0.5) is 40.3 Å². The molecule has 0 aliphatic carbocycles. The Morgan fingerprint density at radius 3 is 2.14 bits per heavy atom. The first-order valence-corrected chi connectivity index (χ1v) is 17.0. The van der Waals surface area contributed by atoms with Crippen LogP contribution < -0.4 is 109 Å². The van der Waals surface area contributed by atoms with E-state index in [9.17, 15) is 31.2 Å². The molecule has 0 saturated carbocycles. The number of hydrogen-bond donors (Lipinski definition) is 1. The van der Waals surface area contributed by atoms with Gasteiger partial charge in [0.15, 0.2) is 0 Å². The number of azo groups is 2. The minimum Gasteiger partial charge on any atom is -0.747 e. The van der Waals surface area contributed by atoms with Gasteiger partial charge in [-0.15, -0.1) is 10.2 Å². The van der Waals surface area contributed by atoms with Crippen molar-refractivity contribution in [3.05, 3.63) is 65.4 Å². The van der Waals surface area contributed by atoms with Gasteiger partial charge in [0.1, 0.15) is 43.2 Å². The first-order valence-electron chi connectivity index (χ1n) is 12.8. The third-order valence-electron chi connectivity index (χ3n) is 5.93. The molecule has 0 amide bonds. The van der Waals surface area contributed by atoms with Gasteiger partial charge in [-0.1, -0.05) is 0 Å². The zero-order valence-corrected chi connectivity index (χ0v) is 36.9. The van der Waals surface area contributed by atoms with Crippen LogP contribution in [-0.4, -0.2) is 60.9 Å². The molecule has 0 saturated heterocycles. The molecule has 0 unspecified atom stereocenters. The fourth-order valence-corrected chi connectivity index (χ4v) is 5.14. The molecule has 0 atom stereocenters. The summed E-state index contributed by atoms with van der Waals surface area (Å²) in [5, 5.41) is 32.0. The molecule has 3 aromatic carbocycles. The van der Waals surface area contributed by atoms with E-state index in [1.807, 2.05) is 0 Å². The van der Waals surface area contributed by atoms with Crippen LogP contribution in [0.15, 0.2) is 84.8 Å². The van der Waals surface area contributed by atoms with Crippen molar-refractivity contribution in [2.24, 2.45) is 20.5 Å². The van der Waals surface area contributed by atoms with E-state index >= 15 is 0 Å². The molecule has 0 bridgehead atoms. The zero-order chi connectivity index (χ0) is 35.1. The number of aromatic nitrogens is 3. The second kappa shape index (κ2) is 21.5. The number of hydrogen-bond acceptors (Lipinski definition) is 20. The number of halogens is 1. The summed E-state index contributed by atoms with van der Waals surface area (Å²) in [4.78, 5) is 13.0. The Labute approximate surface area is 367 Å². The van der Waals surface area contributed by atoms with Gasteiger partial charge < -0.3 is 29.3 Å². The van der Waals surface area contributed by atoms with E-state index in [4.69, 9.17) is 16.3 Å². The van der Waals surface area contributed by atoms with Crippen molar-refractivity contribution in [3.8, 4) is 5.75 Å². The maximum atomic E-state index is 11.7. The fraction of sp³-hybridized carbons (Fsp3) is 0.160. The third kappa shape index (κ3) is 14.4. The van der Waals surface area contributed by atoms with Gasteiger partial charge in [0, 0.05) is 23.7 Å². The number of rotatable bonds is 14. The van der Waals surface area contributed by atoms with E-state index in [0.29, 0.717) is 34.7 Å². The molecular weight excluding hydrogens is 787 g/mol. The van der Waals surface area contributed by atoms with Crippen LogP contribution in [0.5, 0.6) is 5.75 Å². The zero-order valence-electron chi connectivity index (χ0n) is 27.7. The molecule has 254 valence electrons. The molecular formula is C25H21ClN9Na3O10S3. The molecule has 4 rings (SSSR count). The summed E-state index contributed by atoms with van der Waals surface area (Å²) in [6, 6.07) is 13.1. The van der Waals surface area contributed by atoms with Gasteiger partial charge in [0.2, 0.25) is 17.2 Å². The summed E-state index contributed by atoms with van der Waals surface area (Å²) in [5.41, 5.74) is 1.87. The molecule has 51 heavy (non-hydrogen) atoms. The summed E-state index contributed by atoms with van der Waals surface area (Å²) < 4.78 is 77.6. The Bertz CT molecular complexity index is 2090. The molecule has 26 heteroatoms. The molecule has 0 aliphatic heterocycles. The Hall–Kier alpha value is -1.39. The van der Waals surface area contributed by atoms with Gasteiger partial charge in [0.25, 0.3) is 0 Å². The summed E-state index contributed by atoms with van der Waals surface area (Å²) in [7, 11) is -6.48. The number of methoxy groups -OCH3 is 1. The maximum Gasteiger partial charge on any atom is 1.00 e. The first-order chi connectivity index (χ1) is 22.7. The SMILES string of the molecule is COc1cc(N=Nc2cc(SOO[O-])ccc2S(=O)(=O)[O-])c(C)cc1N=Nc1ccc(N(C)c2nc(Cl)nc(NCS(=O)(=O)[O-])n2)cc1.[Na+].[Na+].[Na+]. The second-order valence-corrected chi connectivity index (χ2v) is 13.1. The maximum absolute atomic E-state index is 11.7. The van der Waals surface area contributed by atoms with Crippen LogP contribution in [0, 0.1) is 6.92 Å². The van der Waals surface area contributed by atoms with E-state index in [-0.39, 0.29) is 128 Å². The van der Waals surface area contributed by atoms with Crippen molar-refractivity contribution in [1.29, 1.82) is 0 Å². The van der Waals surface area contributed by atoms with Gasteiger partial charge in [-0.3, -0.25) is 5.04 Å². The molecule has 1 heterocycles. The van der Waals surface area contributed by atoms with Crippen LogP contribution in [0.3, 0.4) is 0 Å². The Morgan fingerprint density at radius 1 is 0.882 bits per heavy atom. The van der Waals surface area contributed by atoms with Crippen LogP contribution in [-0.2, 0) is 29.6 Å². The van der Waals surface area contributed by atoms with Crippen molar-refractivity contribution in [2.45, 2.75) is 16.7 Å². The Kier molecular flexibility index (Phi) is 20.1. The van der Waals surface area contributed by atoms with E-state index in [1.54, 1.807) is 44.3 Å². The Balaban J connectivity index is 0.00000433. The molecule has 0 spiro atoms.